The van der Waals surface area contributed by atoms with Crippen LogP contribution < -0.4 is 0 Å². The molecule has 2 N–H and O–H groups in total. The Kier molecular flexibility index (Phi) is 5.11. The quantitative estimate of drug-likeness (QED) is 0.825. The van der Waals surface area contributed by atoms with E-state index < -0.39 is 16.6 Å². The van der Waals surface area contributed by atoms with Gasteiger partial charge in [0.2, 0.25) is 10.0 Å². The second-order valence-corrected chi connectivity index (χ2v) is 7.17. The van der Waals surface area contributed by atoms with Crippen molar-refractivity contribution < 1.29 is 13.5 Å². The van der Waals surface area contributed by atoms with E-state index in [1.165, 1.54) is 4.31 Å². The summed E-state index contributed by atoms with van der Waals surface area (Å²) in [6.45, 7) is 9.32. The third-order valence-corrected chi connectivity index (χ3v) is 5.04. The van der Waals surface area contributed by atoms with Crippen LogP contribution >= 0.6 is 0 Å². The Balaban J connectivity index is 3.30. The highest BCUT2D eigenvalue weighted by Crippen LogP contribution is 2.24. The van der Waals surface area contributed by atoms with E-state index in [0.29, 0.717) is 12.2 Å². The SMILES string of the molecule is Cc1[nH]nc(CO)c1S(=O)(=O)N(CC(C)C)C(C)C. The normalized spacial score (nSPS) is 12.9. The molecule has 7 heteroatoms. The maximum Gasteiger partial charge on any atom is 0.247 e. The van der Waals surface area contributed by atoms with E-state index in [4.69, 9.17) is 0 Å². The van der Waals surface area contributed by atoms with E-state index in [2.05, 4.69) is 10.2 Å². The van der Waals surface area contributed by atoms with Gasteiger partial charge in [0, 0.05) is 12.6 Å². The first kappa shape index (κ1) is 16.1. The van der Waals surface area contributed by atoms with Crippen molar-refractivity contribution in [3.05, 3.63) is 11.4 Å². The number of aromatic nitrogens is 2. The average Bonchev–Trinajstić information content (AvgIpc) is 2.67. The van der Waals surface area contributed by atoms with Crippen molar-refractivity contribution in [2.75, 3.05) is 6.54 Å². The minimum atomic E-state index is -3.65. The van der Waals surface area contributed by atoms with E-state index in [1.54, 1.807) is 6.92 Å². The van der Waals surface area contributed by atoms with Gasteiger partial charge < -0.3 is 5.11 Å². The lowest BCUT2D eigenvalue weighted by atomic mass is 10.2. The van der Waals surface area contributed by atoms with Crippen molar-refractivity contribution in [3.63, 3.8) is 0 Å². The third kappa shape index (κ3) is 3.34. The third-order valence-electron chi connectivity index (χ3n) is 2.80. The molecule has 0 bridgehead atoms. The summed E-state index contributed by atoms with van der Waals surface area (Å²) >= 11 is 0. The van der Waals surface area contributed by atoms with Gasteiger partial charge in [-0.05, 0) is 26.7 Å². The Hall–Kier alpha value is -0.920. The van der Waals surface area contributed by atoms with E-state index in [1.807, 2.05) is 27.7 Å². The number of H-pyrrole nitrogens is 1. The van der Waals surface area contributed by atoms with Crippen molar-refractivity contribution in [1.29, 1.82) is 0 Å². The number of hydrogen-bond donors (Lipinski definition) is 2. The maximum atomic E-state index is 12.7. The van der Waals surface area contributed by atoms with Crippen LogP contribution in [-0.4, -0.2) is 40.6 Å². The summed E-state index contributed by atoms with van der Waals surface area (Å²) in [5.74, 6) is 0.224. The molecule has 110 valence electrons. The Morgan fingerprint density at radius 2 is 1.89 bits per heavy atom. The van der Waals surface area contributed by atoms with Gasteiger partial charge in [-0.3, -0.25) is 5.10 Å². The summed E-state index contributed by atoms with van der Waals surface area (Å²) in [5.41, 5.74) is 0.630. The molecular weight excluding hydrogens is 266 g/mol. The highest BCUT2D eigenvalue weighted by molar-refractivity contribution is 7.89. The summed E-state index contributed by atoms with van der Waals surface area (Å²) in [5, 5.41) is 15.7. The van der Waals surface area contributed by atoms with Crippen LogP contribution in [0.3, 0.4) is 0 Å². The number of hydrogen-bond acceptors (Lipinski definition) is 4. The molecule has 1 aromatic rings. The van der Waals surface area contributed by atoms with Crippen LogP contribution in [-0.2, 0) is 16.6 Å². The molecule has 1 rings (SSSR count). The van der Waals surface area contributed by atoms with Gasteiger partial charge in [-0.2, -0.15) is 9.40 Å². The molecule has 0 saturated heterocycles. The molecule has 0 saturated carbocycles. The number of nitrogens with one attached hydrogen (secondary N) is 1. The predicted molar refractivity (Wildman–Crippen MR) is 73.1 cm³/mol. The fraction of sp³-hybridized carbons (Fsp3) is 0.750. The zero-order valence-corrected chi connectivity index (χ0v) is 13.0. The smallest absolute Gasteiger partial charge is 0.247 e. The molecule has 0 spiro atoms. The maximum absolute atomic E-state index is 12.7. The molecular formula is C12H23N3O3S. The standard InChI is InChI=1S/C12H23N3O3S/c1-8(2)6-15(9(3)4)19(17,18)12-10(5)13-14-11(12)7-16/h8-9,16H,6-7H2,1-5H3,(H,13,14). The largest absolute Gasteiger partial charge is 0.390 e. The van der Waals surface area contributed by atoms with Gasteiger partial charge in [-0.15, -0.1) is 0 Å². The van der Waals surface area contributed by atoms with Crippen molar-refractivity contribution in [2.24, 2.45) is 5.92 Å². The van der Waals surface area contributed by atoms with E-state index in [-0.39, 0.29) is 22.5 Å². The minimum absolute atomic E-state index is 0.101. The molecule has 0 aliphatic heterocycles. The number of aromatic amines is 1. The van der Waals surface area contributed by atoms with Crippen LogP contribution in [0.5, 0.6) is 0 Å². The molecule has 19 heavy (non-hydrogen) atoms. The lowest BCUT2D eigenvalue weighted by molar-refractivity contribution is 0.272. The molecule has 0 aromatic carbocycles. The van der Waals surface area contributed by atoms with Gasteiger partial charge in [-0.1, -0.05) is 13.8 Å². The second kappa shape index (κ2) is 6.02. The summed E-state index contributed by atoms with van der Waals surface area (Å²) in [7, 11) is -3.65. The summed E-state index contributed by atoms with van der Waals surface area (Å²) < 4.78 is 26.9. The van der Waals surface area contributed by atoms with Crippen LogP contribution in [0, 0.1) is 12.8 Å². The molecule has 0 radical (unpaired) electrons. The van der Waals surface area contributed by atoms with Gasteiger partial charge in [0.05, 0.1) is 12.3 Å². The molecule has 0 aliphatic carbocycles. The number of rotatable bonds is 6. The highest BCUT2D eigenvalue weighted by atomic mass is 32.2. The number of aryl methyl sites for hydroxylation is 1. The Bertz CT molecular complexity index is 520. The topological polar surface area (TPSA) is 86.3 Å². The van der Waals surface area contributed by atoms with Crippen LogP contribution in [0.25, 0.3) is 0 Å². The fourth-order valence-electron chi connectivity index (χ4n) is 1.98. The number of sulfonamides is 1. The molecule has 1 aromatic heterocycles. The van der Waals surface area contributed by atoms with Crippen molar-refractivity contribution in [1.82, 2.24) is 14.5 Å². The zero-order chi connectivity index (χ0) is 14.8. The molecule has 0 amide bonds. The first-order valence-corrected chi connectivity index (χ1v) is 7.82. The lowest BCUT2D eigenvalue weighted by Gasteiger charge is -2.27. The monoisotopic (exact) mass is 289 g/mol. The number of nitrogens with zero attached hydrogens (tertiary/aromatic N) is 2. The van der Waals surface area contributed by atoms with Crippen LogP contribution in [0.1, 0.15) is 39.1 Å². The predicted octanol–water partition coefficient (Wildman–Crippen LogP) is 1.27. The van der Waals surface area contributed by atoms with Crippen molar-refractivity contribution in [3.8, 4) is 0 Å². The molecule has 0 aliphatic rings. The second-order valence-electron chi connectivity index (χ2n) is 5.34. The average molecular weight is 289 g/mol. The van der Waals surface area contributed by atoms with Crippen LogP contribution in [0.15, 0.2) is 4.90 Å². The Labute approximate surface area is 114 Å². The number of aliphatic hydroxyl groups excluding tert-OH is 1. The van der Waals surface area contributed by atoms with Crippen molar-refractivity contribution in [2.45, 2.75) is 52.2 Å². The van der Waals surface area contributed by atoms with E-state index >= 15 is 0 Å². The van der Waals surface area contributed by atoms with Gasteiger partial charge >= 0.3 is 0 Å². The molecule has 0 fully saturated rings. The summed E-state index contributed by atoms with van der Waals surface area (Å²) in [4.78, 5) is 0.101. The highest BCUT2D eigenvalue weighted by Gasteiger charge is 2.32. The zero-order valence-electron chi connectivity index (χ0n) is 12.1. The molecule has 0 unspecified atom stereocenters. The van der Waals surface area contributed by atoms with Gasteiger partial charge in [0.25, 0.3) is 0 Å². The Morgan fingerprint density at radius 1 is 1.32 bits per heavy atom. The lowest BCUT2D eigenvalue weighted by Crippen LogP contribution is -2.40. The number of aliphatic hydroxyl groups is 1. The first-order valence-electron chi connectivity index (χ1n) is 6.38. The van der Waals surface area contributed by atoms with Gasteiger partial charge in [0.15, 0.2) is 0 Å². The fourth-order valence-corrected chi connectivity index (χ4v) is 4.11. The van der Waals surface area contributed by atoms with E-state index in [9.17, 15) is 13.5 Å². The molecule has 0 atom stereocenters. The first-order chi connectivity index (χ1) is 8.71. The van der Waals surface area contributed by atoms with E-state index in [0.717, 1.165) is 0 Å². The molecule has 1 heterocycles. The van der Waals surface area contributed by atoms with Crippen LogP contribution in [0.2, 0.25) is 0 Å². The summed E-state index contributed by atoms with van der Waals surface area (Å²) in [6.07, 6.45) is 0. The Morgan fingerprint density at radius 3 is 2.32 bits per heavy atom. The van der Waals surface area contributed by atoms with Gasteiger partial charge in [-0.25, -0.2) is 8.42 Å². The molecule has 6 nitrogen and oxygen atoms in total. The van der Waals surface area contributed by atoms with Crippen LogP contribution in [0.4, 0.5) is 0 Å². The van der Waals surface area contributed by atoms with Gasteiger partial charge in [0.1, 0.15) is 10.6 Å². The minimum Gasteiger partial charge on any atom is -0.390 e. The summed E-state index contributed by atoms with van der Waals surface area (Å²) in [6, 6.07) is -0.145. The van der Waals surface area contributed by atoms with Crippen molar-refractivity contribution >= 4 is 10.0 Å².